The van der Waals surface area contributed by atoms with Crippen molar-refractivity contribution in [2.75, 3.05) is 6.54 Å². The maximum Gasteiger partial charge on any atom is 0.326 e. The summed E-state index contributed by atoms with van der Waals surface area (Å²) in [5, 5.41) is 2.45. The van der Waals surface area contributed by atoms with Crippen molar-refractivity contribution in [3.63, 3.8) is 0 Å². The summed E-state index contributed by atoms with van der Waals surface area (Å²) in [7, 11) is 0. The third-order valence-corrected chi connectivity index (χ3v) is 2.43. The lowest BCUT2D eigenvalue weighted by molar-refractivity contribution is 0.0942. The molecule has 0 radical (unpaired) electrons. The zero-order chi connectivity index (χ0) is 13.5. The molecule has 1 amide bonds. The van der Waals surface area contributed by atoms with Gasteiger partial charge in [-0.15, -0.1) is 0 Å². The Bertz CT molecular complexity index is 521. The Hall–Kier alpha value is -1.92. The van der Waals surface area contributed by atoms with Crippen LogP contribution in [0.2, 0.25) is 0 Å². The SMILES string of the molecule is CCCCCCNC(=O)c1[nH]c(=O)[nH]c(=O)c1F. The molecular weight excluding hydrogens is 241 g/mol. The summed E-state index contributed by atoms with van der Waals surface area (Å²) in [5.41, 5.74) is -2.73. The molecule has 0 aliphatic carbocycles. The lowest BCUT2D eigenvalue weighted by Gasteiger charge is -2.04. The van der Waals surface area contributed by atoms with Crippen LogP contribution in [0.3, 0.4) is 0 Å². The van der Waals surface area contributed by atoms with Crippen molar-refractivity contribution < 1.29 is 9.18 Å². The third-order valence-electron chi connectivity index (χ3n) is 2.43. The normalized spacial score (nSPS) is 10.3. The average Bonchev–Trinajstić information content (AvgIpc) is 2.33. The van der Waals surface area contributed by atoms with E-state index in [0.29, 0.717) is 6.54 Å². The Labute approximate surface area is 103 Å². The van der Waals surface area contributed by atoms with Gasteiger partial charge in [-0.05, 0) is 6.42 Å². The monoisotopic (exact) mass is 257 g/mol. The zero-order valence-electron chi connectivity index (χ0n) is 10.1. The van der Waals surface area contributed by atoms with Crippen molar-refractivity contribution in [3.05, 3.63) is 32.3 Å². The Morgan fingerprint density at radius 2 is 1.94 bits per heavy atom. The van der Waals surface area contributed by atoms with Crippen molar-refractivity contribution in [3.8, 4) is 0 Å². The van der Waals surface area contributed by atoms with Crippen LogP contribution in [0.15, 0.2) is 9.59 Å². The van der Waals surface area contributed by atoms with E-state index in [0.717, 1.165) is 25.7 Å². The van der Waals surface area contributed by atoms with E-state index >= 15 is 0 Å². The molecule has 6 nitrogen and oxygen atoms in total. The summed E-state index contributed by atoms with van der Waals surface area (Å²) in [4.78, 5) is 37.1. The molecule has 1 rings (SSSR count). The molecule has 0 aromatic carbocycles. The summed E-state index contributed by atoms with van der Waals surface area (Å²) in [5.74, 6) is -2.06. The molecule has 1 heterocycles. The lowest BCUT2D eigenvalue weighted by atomic mass is 10.2. The van der Waals surface area contributed by atoms with Gasteiger partial charge in [-0.1, -0.05) is 26.2 Å². The second-order valence-electron chi connectivity index (χ2n) is 3.91. The minimum atomic E-state index is -1.28. The highest BCUT2D eigenvalue weighted by Crippen LogP contribution is 1.98. The van der Waals surface area contributed by atoms with E-state index < -0.39 is 28.7 Å². The van der Waals surface area contributed by atoms with Crippen LogP contribution in [-0.2, 0) is 0 Å². The van der Waals surface area contributed by atoms with Gasteiger partial charge in [0.15, 0.2) is 0 Å². The third kappa shape index (κ3) is 3.83. The van der Waals surface area contributed by atoms with Gasteiger partial charge in [0, 0.05) is 6.54 Å². The largest absolute Gasteiger partial charge is 0.351 e. The quantitative estimate of drug-likeness (QED) is 0.648. The van der Waals surface area contributed by atoms with Gasteiger partial charge in [0.1, 0.15) is 5.69 Å². The molecule has 0 saturated carbocycles. The fraction of sp³-hybridized carbons (Fsp3) is 0.545. The van der Waals surface area contributed by atoms with E-state index in [2.05, 4.69) is 12.2 Å². The van der Waals surface area contributed by atoms with Crippen LogP contribution in [0.4, 0.5) is 4.39 Å². The number of hydrogen-bond donors (Lipinski definition) is 3. The number of carbonyl (C=O) groups is 1. The number of hydrogen-bond acceptors (Lipinski definition) is 3. The van der Waals surface area contributed by atoms with Crippen molar-refractivity contribution >= 4 is 5.91 Å². The van der Waals surface area contributed by atoms with Gasteiger partial charge in [0.05, 0.1) is 0 Å². The van der Waals surface area contributed by atoms with E-state index in [-0.39, 0.29) is 0 Å². The Kier molecular flexibility index (Phi) is 5.29. The second kappa shape index (κ2) is 6.73. The van der Waals surface area contributed by atoms with Crippen LogP contribution in [0.1, 0.15) is 43.1 Å². The Morgan fingerprint density at radius 3 is 2.61 bits per heavy atom. The number of unbranched alkanes of at least 4 members (excludes halogenated alkanes) is 3. The maximum absolute atomic E-state index is 13.3. The highest BCUT2D eigenvalue weighted by molar-refractivity contribution is 5.92. The molecule has 0 fully saturated rings. The fourth-order valence-corrected chi connectivity index (χ4v) is 1.47. The minimum absolute atomic E-state index is 0.382. The Balaban J connectivity index is 2.62. The zero-order valence-corrected chi connectivity index (χ0v) is 10.1. The Morgan fingerprint density at radius 1 is 1.22 bits per heavy atom. The lowest BCUT2D eigenvalue weighted by Crippen LogP contribution is -2.34. The number of rotatable bonds is 6. The molecule has 0 bridgehead atoms. The predicted octanol–water partition coefficient (Wildman–Crippen LogP) is 0.512. The number of H-pyrrole nitrogens is 2. The van der Waals surface area contributed by atoms with E-state index in [1.54, 1.807) is 4.98 Å². The highest BCUT2D eigenvalue weighted by Gasteiger charge is 2.15. The van der Waals surface area contributed by atoms with Crippen molar-refractivity contribution in [1.82, 2.24) is 15.3 Å². The molecule has 0 atom stereocenters. The van der Waals surface area contributed by atoms with Crippen LogP contribution < -0.4 is 16.6 Å². The van der Waals surface area contributed by atoms with Crippen LogP contribution >= 0.6 is 0 Å². The van der Waals surface area contributed by atoms with E-state index in [9.17, 15) is 18.8 Å². The smallest absolute Gasteiger partial charge is 0.326 e. The topological polar surface area (TPSA) is 94.8 Å². The van der Waals surface area contributed by atoms with E-state index in [4.69, 9.17) is 0 Å². The van der Waals surface area contributed by atoms with Gasteiger partial charge in [0.25, 0.3) is 11.5 Å². The summed E-state index contributed by atoms with van der Waals surface area (Å²) >= 11 is 0. The maximum atomic E-state index is 13.3. The van der Waals surface area contributed by atoms with Crippen LogP contribution in [0.5, 0.6) is 0 Å². The molecule has 100 valence electrons. The highest BCUT2D eigenvalue weighted by atomic mass is 19.1. The molecule has 3 N–H and O–H groups in total. The minimum Gasteiger partial charge on any atom is -0.351 e. The van der Waals surface area contributed by atoms with Crippen LogP contribution in [0.25, 0.3) is 0 Å². The van der Waals surface area contributed by atoms with Crippen LogP contribution in [-0.4, -0.2) is 22.4 Å². The first-order chi connectivity index (χ1) is 8.56. The predicted molar refractivity (Wildman–Crippen MR) is 64.1 cm³/mol. The molecular formula is C11H16FN3O3. The first-order valence-corrected chi connectivity index (χ1v) is 5.86. The van der Waals surface area contributed by atoms with Gasteiger partial charge >= 0.3 is 5.69 Å². The standard InChI is InChI=1S/C11H16FN3O3/c1-2-3-4-5-6-13-10(17)8-7(12)9(16)15-11(18)14-8/h2-6H2,1H3,(H,13,17)(H2,14,15,16,18). The van der Waals surface area contributed by atoms with E-state index in [1.165, 1.54) is 0 Å². The first-order valence-electron chi connectivity index (χ1n) is 5.86. The molecule has 0 saturated heterocycles. The summed E-state index contributed by atoms with van der Waals surface area (Å²) in [6.45, 7) is 2.45. The number of nitrogens with one attached hydrogen (secondary N) is 3. The fourth-order valence-electron chi connectivity index (χ4n) is 1.47. The van der Waals surface area contributed by atoms with Gasteiger partial charge in [-0.2, -0.15) is 4.39 Å². The van der Waals surface area contributed by atoms with Crippen molar-refractivity contribution in [2.45, 2.75) is 32.6 Å². The molecule has 0 aliphatic heterocycles. The van der Waals surface area contributed by atoms with Gasteiger partial charge < -0.3 is 10.3 Å². The van der Waals surface area contributed by atoms with Crippen molar-refractivity contribution in [1.29, 1.82) is 0 Å². The molecule has 18 heavy (non-hydrogen) atoms. The van der Waals surface area contributed by atoms with Gasteiger partial charge in [0.2, 0.25) is 5.82 Å². The van der Waals surface area contributed by atoms with Gasteiger partial charge in [-0.25, -0.2) is 4.79 Å². The summed E-state index contributed by atoms with van der Waals surface area (Å²) in [6.07, 6.45) is 3.87. The number of aromatic nitrogens is 2. The van der Waals surface area contributed by atoms with Gasteiger partial charge in [-0.3, -0.25) is 14.6 Å². The molecule has 0 unspecified atom stereocenters. The number of carbonyl (C=O) groups excluding carboxylic acids is 1. The molecule has 7 heteroatoms. The van der Waals surface area contributed by atoms with Crippen LogP contribution in [0, 0.1) is 5.82 Å². The number of halogens is 1. The van der Waals surface area contributed by atoms with E-state index in [1.807, 2.05) is 4.98 Å². The average molecular weight is 257 g/mol. The molecule has 0 spiro atoms. The first kappa shape index (κ1) is 14.1. The summed E-state index contributed by atoms with van der Waals surface area (Å²) < 4.78 is 13.3. The number of amides is 1. The summed E-state index contributed by atoms with van der Waals surface area (Å²) in [6, 6.07) is 0. The second-order valence-corrected chi connectivity index (χ2v) is 3.91. The van der Waals surface area contributed by atoms with Crippen molar-refractivity contribution in [2.24, 2.45) is 0 Å². The molecule has 1 aromatic rings. The number of aromatic amines is 2. The molecule has 0 aliphatic rings. The molecule has 1 aromatic heterocycles.